The van der Waals surface area contributed by atoms with E-state index in [-0.39, 0.29) is 12.5 Å². The van der Waals surface area contributed by atoms with Crippen LogP contribution in [0.4, 0.5) is 5.69 Å². The van der Waals surface area contributed by atoms with Gasteiger partial charge in [0.25, 0.3) is 5.91 Å². The molecule has 25 heavy (non-hydrogen) atoms. The van der Waals surface area contributed by atoms with Gasteiger partial charge in [-0.15, -0.1) is 0 Å². The molecule has 0 aliphatic carbocycles. The fraction of sp³-hybridized carbons (Fsp3) is 0.286. The van der Waals surface area contributed by atoms with Crippen LogP contribution in [0.5, 0.6) is 11.5 Å². The fourth-order valence-electron chi connectivity index (χ4n) is 2.40. The minimum Gasteiger partial charge on any atom is -0.489 e. The molecule has 0 radical (unpaired) electrons. The zero-order valence-electron chi connectivity index (χ0n) is 14.8. The Morgan fingerprint density at radius 3 is 2.76 bits per heavy atom. The summed E-state index contributed by atoms with van der Waals surface area (Å²) in [5.74, 6) is 1.62. The van der Waals surface area contributed by atoms with Gasteiger partial charge >= 0.3 is 0 Å². The second-order valence-corrected chi connectivity index (χ2v) is 5.81. The second-order valence-electron chi connectivity index (χ2n) is 5.81. The number of carbonyl (C=O) groups is 1. The summed E-state index contributed by atoms with van der Waals surface area (Å²) in [4.78, 5) is 12.2. The highest BCUT2D eigenvalue weighted by molar-refractivity contribution is 5.92. The maximum absolute atomic E-state index is 12.2. The van der Waals surface area contributed by atoms with E-state index in [1.807, 2.05) is 42.5 Å². The molecule has 0 aliphatic rings. The molecule has 0 bridgehead atoms. The second kappa shape index (κ2) is 9.52. The fourth-order valence-corrected chi connectivity index (χ4v) is 2.40. The molecule has 0 saturated carbocycles. The Morgan fingerprint density at radius 2 is 2.00 bits per heavy atom. The lowest BCUT2D eigenvalue weighted by molar-refractivity contribution is -0.118. The van der Waals surface area contributed by atoms with E-state index in [1.54, 1.807) is 12.1 Å². The molecule has 2 rings (SSSR count). The summed E-state index contributed by atoms with van der Waals surface area (Å²) in [6, 6.07) is 15.1. The van der Waals surface area contributed by atoms with E-state index in [2.05, 4.69) is 25.7 Å². The number of para-hydroxylation sites is 1. The standard InChI is InChI=1S/C21H25NO3/c1-4-13-24-18-10-8-9-17(14-18)22-21(23)15-25-20-12-7-6-11-19(20)16(3)5-2/h4,6-12,14,16H,1,5,13,15H2,2-3H3,(H,22,23). The van der Waals surface area contributed by atoms with E-state index < -0.39 is 0 Å². The lowest BCUT2D eigenvalue weighted by Gasteiger charge is -2.15. The van der Waals surface area contributed by atoms with Gasteiger partial charge in [-0.1, -0.05) is 50.8 Å². The van der Waals surface area contributed by atoms with Crippen LogP contribution in [0.1, 0.15) is 31.7 Å². The van der Waals surface area contributed by atoms with Gasteiger partial charge in [0.15, 0.2) is 6.61 Å². The first-order valence-corrected chi connectivity index (χ1v) is 8.49. The first-order chi connectivity index (χ1) is 12.1. The highest BCUT2D eigenvalue weighted by atomic mass is 16.5. The van der Waals surface area contributed by atoms with Gasteiger partial charge in [-0.2, -0.15) is 0 Å². The van der Waals surface area contributed by atoms with Crippen molar-refractivity contribution < 1.29 is 14.3 Å². The number of anilines is 1. The monoisotopic (exact) mass is 339 g/mol. The largest absolute Gasteiger partial charge is 0.489 e. The Hall–Kier alpha value is -2.75. The van der Waals surface area contributed by atoms with Crippen molar-refractivity contribution in [2.75, 3.05) is 18.5 Å². The van der Waals surface area contributed by atoms with Gasteiger partial charge in [0.05, 0.1) is 0 Å². The van der Waals surface area contributed by atoms with Crippen LogP contribution in [0, 0.1) is 0 Å². The summed E-state index contributed by atoms with van der Waals surface area (Å²) in [5, 5.41) is 2.82. The number of ether oxygens (including phenoxy) is 2. The number of hydrogen-bond acceptors (Lipinski definition) is 3. The van der Waals surface area contributed by atoms with Crippen LogP contribution >= 0.6 is 0 Å². The first kappa shape index (κ1) is 18.6. The summed E-state index contributed by atoms with van der Waals surface area (Å²) in [6.07, 6.45) is 2.69. The van der Waals surface area contributed by atoms with Gasteiger partial charge in [0, 0.05) is 11.8 Å². The molecule has 2 aromatic rings. The van der Waals surface area contributed by atoms with Crippen LogP contribution in [-0.2, 0) is 4.79 Å². The third-order valence-corrected chi connectivity index (χ3v) is 3.91. The molecule has 0 aliphatic heterocycles. The number of amides is 1. The average Bonchev–Trinajstić information content (AvgIpc) is 2.64. The maximum atomic E-state index is 12.2. The zero-order chi connectivity index (χ0) is 18.1. The van der Waals surface area contributed by atoms with Crippen molar-refractivity contribution in [3.05, 3.63) is 66.7 Å². The maximum Gasteiger partial charge on any atom is 0.262 e. The van der Waals surface area contributed by atoms with Crippen molar-refractivity contribution in [1.29, 1.82) is 0 Å². The van der Waals surface area contributed by atoms with Gasteiger partial charge < -0.3 is 14.8 Å². The van der Waals surface area contributed by atoms with Gasteiger partial charge in [-0.05, 0) is 36.1 Å². The van der Waals surface area contributed by atoms with E-state index in [0.717, 1.165) is 17.7 Å². The van der Waals surface area contributed by atoms with Crippen molar-refractivity contribution in [3.8, 4) is 11.5 Å². The molecule has 0 aromatic heterocycles. The van der Waals surface area contributed by atoms with Crippen LogP contribution in [0.2, 0.25) is 0 Å². The Balaban J connectivity index is 1.94. The van der Waals surface area contributed by atoms with Crippen LogP contribution in [0.3, 0.4) is 0 Å². The van der Waals surface area contributed by atoms with E-state index in [1.165, 1.54) is 0 Å². The van der Waals surface area contributed by atoms with Crippen molar-refractivity contribution >= 4 is 11.6 Å². The van der Waals surface area contributed by atoms with Crippen molar-refractivity contribution in [3.63, 3.8) is 0 Å². The Morgan fingerprint density at radius 1 is 1.20 bits per heavy atom. The van der Waals surface area contributed by atoms with Crippen LogP contribution < -0.4 is 14.8 Å². The number of hydrogen-bond donors (Lipinski definition) is 1. The molecule has 1 amide bonds. The SMILES string of the molecule is C=CCOc1cccc(NC(=O)COc2ccccc2C(C)CC)c1. The van der Waals surface area contributed by atoms with E-state index in [9.17, 15) is 4.79 Å². The molecule has 1 atom stereocenters. The summed E-state index contributed by atoms with van der Waals surface area (Å²) in [5.41, 5.74) is 1.79. The van der Waals surface area contributed by atoms with Gasteiger partial charge in [-0.25, -0.2) is 0 Å². The Bertz CT molecular complexity index is 712. The molecule has 4 nitrogen and oxygen atoms in total. The summed E-state index contributed by atoms with van der Waals surface area (Å²) in [7, 11) is 0. The number of benzene rings is 2. The number of rotatable bonds is 9. The Labute approximate surface area is 149 Å². The predicted octanol–water partition coefficient (Wildman–Crippen LogP) is 4.78. The van der Waals surface area contributed by atoms with Crippen LogP contribution in [0.15, 0.2) is 61.2 Å². The molecule has 2 aromatic carbocycles. The minimum absolute atomic E-state index is 0.0365. The predicted molar refractivity (Wildman–Crippen MR) is 101 cm³/mol. The van der Waals surface area contributed by atoms with Gasteiger partial charge in [0.1, 0.15) is 18.1 Å². The lowest BCUT2D eigenvalue weighted by Crippen LogP contribution is -2.20. The lowest BCUT2D eigenvalue weighted by atomic mass is 9.98. The quantitative estimate of drug-likeness (QED) is 0.669. The van der Waals surface area contributed by atoms with E-state index in [0.29, 0.717) is 24.0 Å². The van der Waals surface area contributed by atoms with E-state index in [4.69, 9.17) is 9.47 Å². The zero-order valence-corrected chi connectivity index (χ0v) is 14.8. The van der Waals surface area contributed by atoms with Crippen molar-refractivity contribution in [2.24, 2.45) is 0 Å². The highest BCUT2D eigenvalue weighted by Crippen LogP contribution is 2.28. The highest BCUT2D eigenvalue weighted by Gasteiger charge is 2.11. The van der Waals surface area contributed by atoms with Crippen molar-refractivity contribution in [2.45, 2.75) is 26.2 Å². The van der Waals surface area contributed by atoms with Crippen LogP contribution in [0.25, 0.3) is 0 Å². The molecular formula is C21H25NO3. The number of nitrogens with one attached hydrogen (secondary N) is 1. The minimum atomic E-state index is -0.208. The first-order valence-electron chi connectivity index (χ1n) is 8.49. The average molecular weight is 339 g/mol. The topological polar surface area (TPSA) is 47.6 Å². The third-order valence-electron chi connectivity index (χ3n) is 3.91. The molecule has 4 heteroatoms. The molecular weight excluding hydrogens is 314 g/mol. The molecule has 1 unspecified atom stereocenters. The molecule has 1 N–H and O–H groups in total. The summed E-state index contributed by atoms with van der Waals surface area (Å²) >= 11 is 0. The van der Waals surface area contributed by atoms with Crippen LogP contribution in [-0.4, -0.2) is 19.1 Å². The molecule has 132 valence electrons. The molecule has 0 fully saturated rings. The van der Waals surface area contributed by atoms with Crippen molar-refractivity contribution in [1.82, 2.24) is 0 Å². The molecule has 0 spiro atoms. The number of carbonyl (C=O) groups excluding carboxylic acids is 1. The summed E-state index contributed by atoms with van der Waals surface area (Å²) in [6.45, 7) is 8.29. The van der Waals surface area contributed by atoms with Gasteiger partial charge in [-0.3, -0.25) is 4.79 Å². The molecule has 0 saturated heterocycles. The third kappa shape index (κ3) is 5.68. The Kier molecular flexibility index (Phi) is 7.08. The summed E-state index contributed by atoms with van der Waals surface area (Å²) < 4.78 is 11.2. The van der Waals surface area contributed by atoms with E-state index >= 15 is 0 Å². The smallest absolute Gasteiger partial charge is 0.262 e. The van der Waals surface area contributed by atoms with Gasteiger partial charge in [0.2, 0.25) is 0 Å². The normalized spacial score (nSPS) is 11.4. The molecule has 0 heterocycles.